The zero-order valence-corrected chi connectivity index (χ0v) is 6.80. The van der Waals surface area contributed by atoms with Crippen molar-refractivity contribution in [1.82, 2.24) is 0 Å². The smallest absolute Gasteiger partial charge is 0.0813 e. The molecule has 1 rings (SSSR count). The average Bonchev–Trinajstić information content (AvgIpc) is 2.37. The van der Waals surface area contributed by atoms with Gasteiger partial charge < -0.3 is 9.47 Å². The van der Waals surface area contributed by atoms with Crippen LogP contribution in [-0.4, -0.2) is 25.9 Å². The molecule has 0 unspecified atom stereocenters. The van der Waals surface area contributed by atoms with E-state index in [1.807, 2.05) is 0 Å². The zero-order chi connectivity index (χ0) is 7.40. The molecule has 1 aliphatic rings. The third-order valence-electron chi connectivity index (χ3n) is 2.00. The maximum Gasteiger partial charge on any atom is 0.0813 e. The molecule has 0 spiro atoms. The van der Waals surface area contributed by atoms with Gasteiger partial charge in [-0.25, -0.2) is 0 Å². The standard InChI is InChI=1S/C8H16O2/c1-3-7-4-5-8(10-7)6-9-2/h7-8H,3-6H2,1-2H3/t7-,8+/m1/s1. The van der Waals surface area contributed by atoms with Crippen LogP contribution in [0.1, 0.15) is 26.2 Å². The summed E-state index contributed by atoms with van der Waals surface area (Å²) in [6.45, 7) is 2.93. The molecule has 1 aliphatic heterocycles. The predicted octanol–water partition coefficient (Wildman–Crippen LogP) is 1.59. The SMILES string of the molecule is CC[C@@H]1CC[C@@H](COC)O1. The molecule has 1 saturated heterocycles. The van der Waals surface area contributed by atoms with E-state index >= 15 is 0 Å². The molecule has 0 aliphatic carbocycles. The Kier molecular flexibility index (Phi) is 3.16. The predicted molar refractivity (Wildman–Crippen MR) is 40.1 cm³/mol. The lowest BCUT2D eigenvalue weighted by molar-refractivity contribution is -0.00234. The van der Waals surface area contributed by atoms with Gasteiger partial charge in [0.25, 0.3) is 0 Å². The molecule has 0 bridgehead atoms. The van der Waals surface area contributed by atoms with Crippen LogP contribution in [0.15, 0.2) is 0 Å². The van der Waals surface area contributed by atoms with E-state index in [-0.39, 0.29) is 0 Å². The quantitative estimate of drug-likeness (QED) is 0.599. The van der Waals surface area contributed by atoms with Gasteiger partial charge in [0.15, 0.2) is 0 Å². The number of hydrogen-bond acceptors (Lipinski definition) is 2. The van der Waals surface area contributed by atoms with Gasteiger partial charge in [-0.15, -0.1) is 0 Å². The molecule has 0 amide bonds. The molecule has 60 valence electrons. The topological polar surface area (TPSA) is 18.5 Å². The first-order valence-corrected chi connectivity index (χ1v) is 4.01. The first-order valence-electron chi connectivity index (χ1n) is 4.01. The summed E-state index contributed by atoms with van der Waals surface area (Å²) >= 11 is 0. The zero-order valence-electron chi connectivity index (χ0n) is 6.80. The van der Waals surface area contributed by atoms with Crippen molar-refractivity contribution in [2.24, 2.45) is 0 Å². The molecule has 0 saturated carbocycles. The molecule has 0 aromatic carbocycles. The summed E-state index contributed by atoms with van der Waals surface area (Å²) in [7, 11) is 1.72. The molecule has 0 radical (unpaired) electrons. The Hall–Kier alpha value is -0.0800. The van der Waals surface area contributed by atoms with Gasteiger partial charge in [-0.1, -0.05) is 6.92 Å². The second-order valence-corrected chi connectivity index (χ2v) is 2.82. The minimum absolute atomic E-state index is 0.370. The van der Waals surface area contributed by atoms with Crippen LogP contribution >= 0.6 is 0 Å². The van der Waals surface area contributed by atoms with Crippen LogP contribution in [0.2, 0.25) is 0 Å². The van der Waals surface area contributed by atoms with Crippen molar-refractivity contribution in [2.75, 3.05) is 13.7 Å². The molecule has 2 atom stereocenters. The Morgan fingerprint density at radius 3 is 2.60 bits per heavy atom. The molecule has 0 aromatic heterocycles. The first-order chi connectivity index (χ1) is 4.86. The lowest BCUT2D eigenvalue weighted by atomic mass is 10.2. The van der Waals surface area contributed by atoms with Gasteiger partial charge >= 0.3 is 0 Å². The monoisotopic (exact) mass is 144 g/mol. The van der Waals surface area contributed by atoms with Crippen molar-refractivity contribution < 1.29 is 9.47 Å². The fraction of sp³-hybridized carbons (Fsp3) is 1.00. The summed E-state index contributed by atoms with van der Waals surface area (Å²) in [5, 5.41) is 0. The molecule has 2 nitrogen and oxygen atoms in total. The summed E-state index contributed by atoms with van der Waals surface area (Å²) in [5.74, 6) is 0. The third-order valence-corrected chi connectivity index (χ3v) is 2.00. The minimum atomic E-state index is 0.370. The van der Waals surface area contributed by atoms with E-state index in [4.69, 9.17) is 9.47 Å². The van der Waals surface area contributed by atoms with Gasteiger partial charge in [-0.3, -0.25) is 0 Å². The second-order valence-electron chi connectivity index (χ2n) is 2.82. The highest BCUT2D eigenvalue weighted by Crippen LogP contribution is 2.21. The van der Waals surface area contributed by atoms with Crippen LogP contribution in [0.3, 0.4) is 0 Å². The molecular formula is C8H16O2. The molecule has 0 aromatic rings. The van der Waals surface area contributed by atoms with Crippen molar-refractivity contribution in [3.63, 3.8) is 0 Å². The minimum Gasteiger partial charge on any atom is -0.382 e. The summed E-state index contributed by atoms with van der Waals surface area (Å²) < 4.78 is 10.6. The number of hydrogen-bond donors (Lipinski definition) is 0. The number of rotatable bonds is 3. The van der Waals surface area contributed by atoms with E-state index in [1.165, 1.54) is 12.8 Å². The van der Waals surface area contributed by atoms with E-state index in [2.05, 4.69) is 6.92 Å². The Morgan fingerprint density at radius 1 is 1.40 bits per heavy atom. The van der Waals surface area contributed by atoms with Gasteiger partial charge in [0.1, 0.15) is 0 Å². The third kappa shape index (κ3) is 1.96. The maximum atomic E-state index is 5.63. The van der Waals surface area contributed by atoms with Crippen molar-refractivity contribution in [3.05, 3.63) is 0 Å². The van der Waals surface area contributed by atoms with Crippen molar-refractivity contribution in [3.8, 4) is 0 Å². The van der Waals surface area contributed by atoms with Crippen LogP contribution < -0.4 is 0 Å². The normalized spacial score (nSPS) is 33.0. The van der Waals surface area contributed by atoms with E-state index in [0.29, 0.717) is 12.2 Å². The highest BCUT2D eigenvalue weighted by Gasteiger charge is 2.22. The Bertz CT molecular complexity index is 93.3. The molecular weight excluding hydrogens is 128 g/mol. The highest BCUT2D eigenvalue weighted by atomic mass is 16.5. The molecule has 2 heteroatoms. The highest BCUT2D eigenvalue weighted by molar-refractivity contribution is 4.71. The Balaban J connectivity index is 2.15. The fourth-order valence-electron chi connectivity index (χ4n) is 1.39. The van der Waals surface area contributed by atoms with Crippen LogP contribution in [0.4, 0.5) is 0 Å². The van der Waals surface area contributed by atoms with Crippen LogP contribution in [0, 0.1) is 0 Å². The van der Waals surface area contributed by atoms with Gasteiger partial charge in [0, 0.05) is 7.11 Å². The van der Waals surface area contributed by atoms with Crippen LogP contribution in [0.5, 0.6) is 0 Å². The maximum absolute atomic E-state index is 5.63. The molecule has 10 heavy (non-hydrogen) atoms. The fourth-order valence-corrected chi connectivity index (χ4v) is 1.39. The number of methoxy groups -OCH3 is 1. The largest absolute Gasteiger partial charge is 0.382 e. The summed E-state index contributed by atoms with van der Waals surface area (Å²) in [6.07, 6.45) is 4.40. The van der Waals surface area contributed by atoms with Gasteiger partial charge in [0.2, 0.25) is 0 Å². The second kappa shape index (κ2) is 3.94. The van der Waals surface area contributed by atoms with Crippen molar-refractivity contribution in [2.45, 2.75) is 38.4 Å². The van der Waals surface area contributed by atoms with Gasteiger partial charge in [-0.05, 0) is 19.3 Å². The van der Waals surface area contributed by atoms with Crippen molar-refractivity contribution >= 4 is 0 Å². The van der Waals surface area contributed by atoms with Gasteiger partial charge in [-0.2, -0.15) is 0 Å². The van der Waals surface area contributed by atoms with Crippen molar-refractivity contribution in [1.29, 1.82) is 0 Å². The molecule has 1 fully saturated rings. The van der Waals surface area contributed by atoms with Crippen LogP contribution in [-0.2, 0) is 9.47 Å². The summed E-state index contributed by atoms with van der Waals surface area (Å²) in [4.78, 5) is 0. The van der Waals surface area contributed by atoms with Gasteiger partial charge in [0.05, 0.1) is 18.8 Å². The lowest BCUT2D eigenvalue weighted by Gasteiger charge is -2.10. The van der Waals surface area contributed by atoms with E-state index in [0.717, 1.165) is 13.0 Å². The number of ether oxygens (including phenoxy) is 2. The molecule has 1 heterocycles. The Morgan fingerprint density at radius 2 is 2.10 bits per heavy atom. The average molecular weight is 144 g/mol. The van der Waals surface area contributed by atoms with Crippen LogP contribution in [0.25, 0.3) is 0 Å². The lowest BCUT2D eigenvalue weighted by Crippen LogP contribution is -2.15. The molecule has 0 N–H and O–H groups in total. The summed E-state index contributed by atoms with van der Waals surface area (Å²) in [5.41, 5.74) is 0. The summed E-state index contributed by atoms with van der Waals surface area (Å²) in [6, 6.07) is 0. The Labute approximate surface area is 62.5 Å². The first kappa shape index (κ1) is 8.02. The van der Waals surface area contributed by atoms with E-state index < -0.39 is 0 Å². The van der Waals surface area contributed by atoms with E-state index in [1.54, 1.807) is 7.11 Å². The van der Waals surface area contributed by atoms with E-state index in [9.17, 15) is 0 Å².